The molecule has 1 N–H and O–H groups in total. The number of aromatic nitrogens is 2. The molecule has 3 aromatic rings. The predicted molar refractivity (Wildman–Crippen MR) is 128 cm³/mol. The number of hydrogen-bond acceptors (Lipinski definition) is 5. The first-order valence-electron chi connectivity index (χ1n) is 10.7. The minimum atomic E-state index is -0.355. The van der Waals surface area contributed by atoms with Crippen LogP contribution in [0.2, 0.25) is 5.02 Å². The van der Waals surface area contributed by atoms with Crippen molar-refractivity contribution in [3.05, 3.63) is 49.6 Å². The predicted octanol–water partition coefficient (Wildman–Crippen LogP) is 5.05. The zero-order valence-electron chi connectivity index (χ0n) is 17.5. The molecule has 1 aromatic carbocycles. The van der Waals surface area contributed by atoms with Crippen molar-refractivity contribution in [3.8, 4) is 5.69 Å². The average molecular weight is 474 g/mol. The Morgan fingerprint density at radius 1 is 1.32 bits per heavy atom. The number of carbonyl (C=O) groups excluding carboxylic acids is 1. The van der Waals surface area contributed by atoms with Crippen LogP contribution in [0.3, 0.4) is 0 Å². The maximum absolute atomic E-state index is 13.8. The van der Waals surface area contributed by atoms with Crippen LogP contribution >= 0.6 is 34.7 Å². The molecule has 2 aliphatic carbocycles. The van der Waals surface area contributed by atoms with Crippen molar-refractivity contribution in [3.63, 3.8) is 0 Å². The molecule has 2 aliphatic rings. The number of thioether (sulfide) groups is 1. The first-order valence-corrected chi connectivity index (χ1v) is 12.8. The minimum absolute atomic E-state index is 0.0131. The number of fused-ring (bicyclic) bond motifs is 3. The van der Waals surface area contributed by atoms with Crippen molar-refractivity contribution in [1.82, 2.24) is 14.9 Å². The number of nitrogens with one attached hydrogen (secondary N) is 1. The zero-order valence-corrected chi connectivity index (χ0v) is 19.9. The van der Waals surface area contributed by atoms with Gasteiger partial charge in [0.15, 0.2) is 5.16 Å². The van der Waals surface area contributed by atoms with Gasteiger partial charge in [0.2, 0.25) is 5.91 Å². The highest BCUT2D eigenvalue weighted by atomic mass is 35.5. The highest BCUT2D eigenvalue weighted by Gasteiger charge is 2.28. The maximum atomic E-state index is 13.8. The van der Waals surface area contributed by atoms with E-state index in [0.29, 0.717) is 21.9 Å². The van der Waals surface area contributed by atoms with E-state index >= 15 is 0 Å². The molecule has 0 radical (unpaired) electrons. The number of nitrogens with zero attached hydrogens (tertiary/aromatic N) is 2. The van der Waals surface area contributed by atoms with Crippen molar-refractivity contribution < 1.29 is 4.79 Å². The lowest BCUT2D eigenvalue weighted by Gasteiger charge is -2.17. The average Bonchev–Trinajstić information content (AvgIpc) is 3.47. The monoisotopic (exact) mass is 473 g/mol. The maximum Gasteiger partial charge on any atom is 0.267 e. The second-order valence-electron chi connectivity index (χ2n) is 8.40. The normalized spacial score (nSPS) is 16.9. The first-order chi connectivity index (χ1) is 14.9. The van der Waals surface area contributed by atoms with Gasteiger partial charge in [-0.2, -0.15) is 0 Å². The van der Waals surface area contributed by atoms with E-state index in [4.69, 9.17) is 16.6 Å². The summed E-state index contributed by atoms with van der Waals surface area (Å²) in [6.45, 7) is 3.80. The largest absolute Gasteiger partial charge is 0.352 e. The van der Waals surface area contributed by atoms with Gasteiger partial charge in [0.25, 0.3) is 5.56 Å². The van der Waals surface area contributed by atoms with Gasteiger partial charge in [-0.15, -0.1) is 11.3 Å². The van der Waals surface area contributed by atoms with Gasteiger partial charge >= 0.3 is 0 Å². The Morgan fingerprint density at radius 2 is 2.10 bits per heavy atom. The lowest BCUT2D eigenvalue weighted by atomic mass is 9.97. The molecule has 0 bridgehead atoms. The molecule has 1 amide bonds. The lowest BCUT2D eigenvalue weighted by Crippen LogP contribution is -2.33. The number of carbonyl (C=O) groups is 1. The number of thiophene rings is 1. The summed E-state index contributed by atoms with van der Waals surface area (Å²) in [6.07, 6.45) is 6.27. The van der Waals surface area contributed by atoms with Crippen LogP contribution in [0.15, 0.2) is 28.2 Å². The number of rotatable bonds is 5. The summed E-state index contributed by atoms with van der Waals surface area (Å²) in [5.41, 5.74) is 2.73. The van der Waals surface area contributed by atoms with Crippen LogP contribution in [-0.4, -0.2) is 26.8 Å². The van der Waals surface area contributed by atoms with Crippen molar-refractivity contribution in [2.75, 3.05) is 0 Å². The van der Waals surface area contributed by atoms with Crippen LogP contribution in [0.5, 0.6) is 0 Å². The molecular weight excluding hydrogens is 450 g/mol. The Balaban J connectivity index is 1.65. The molecule has 0 aliphatic heterocycles. The molecule has 0 saturated heterocycles. The van der Waals surface area contributed by atoms with E-state index in [-0.39, 0.29) is 16.7 Å². The standard InChI is InChI=1S/C23H24ClN3O2S2/c1-12-7-10-15(11-17(12)24)27-22(29)19-16-5-3-4-6-18(16)31-21(19)26-23(27)30-13(2)20(28)25-14-8-9-14/h7,10-11,13-14H,3-6,8-9H2,1-2H3,(H,25,28). The van der Waals surface area contributed by atoms with Crippen LogP contribution in [0.1, 0.15) is 48.6 Å². The van der Waals surface area contributed by atoms with Gasteiger partial charge < -0.3 is 5.32 Å². The Labute approximate surface area is 194 Å². The first kappa shape index (κ1) is 21.0. The fourth-order valence-electron chi connectivity index (χ4n) is 3.97. The summed E-state index contributed by atoms with van der Waals surface area (Å²) in [5, 5.41) is 4.57. The van der Waals surface area contributed by atoms with Gasteiger partial charge in [-0.3, -0.25) is 14.2 Å². The van der Waals surface area contributed by atoms with E-state index in [0.717, 1.165) is 59.9 Å². The van der Waals surface area contributed by atoms with Crippen LogP contribution < -0.4 is 10.9 Å². The summed E-state index contributed by atoms with van der Waals surface area (Å²) in [4.78, 5) is 33.3. The Morgan fingerprint density at radius 3 is 2.84 bits per heavy atom. The second kappa shape index (κ2) is 8.26. The van der Waals surface area contributed by atoms with E-state index < -0.39 is 0 Å². The fourth-order valence-corrected chi connectivity index (χ4v) is 6.39. The quantitative estimate of drug-likeness (QED) is 0.416. The van der Waals surface area contributed by atoms with Gasteiger partial charge in [0.05, 0.1) is 16.3 Å². The molecule has 1 atom stereocenters. The lowest BCUT2D eigenvalue weighted by molar-refractivity contribution is -0.120. The third-order valence-corrected chi connectivity index (χ3v) is 8.59. The summed E-state index contributed by atoms with van der Waals surface area (Å²) in [6, 6.07) is 5.92. The third kappa shape index (κ3) is 4.03. The van der Waals surface area contributed by atoms with E-state index in [1.165, 1.54) is 16.6 Å². The molecule has 2 heterocycles. The Kier molecular flexibility index (Phi) is 5.61. The molecular formula is C23H24ClN3O2S2. The molecule has 5 nitrogen and oxygen atoms in total. The molecule has 5 rings (SSSR count). The molecule has 8 heteroatoms. The minimum Gasteiger partial charge on any atom is -0.352 e. The van der Waals surface area contributed by atoms with E-state index in [2.05, 4.69) is 5.32 Å². The number of hydrogen-bond donors (Lipinski definition) is 1. The summed E-state index contributed by atoms with van der Waals surface area (Å²) < 4.78 is 1.64. The summed E-state index contributed by atoms with van der Waals surface area (Å²) in [7, 11) is 0. The molecule has 0 spiro atoms. The Hall–Kier alpha value is -1.83. The van der Waals surface area contributed by atoms with Crippen molar-refractivity contribution in [2.45, 2.75) is 68.8 Å². The SMILES string of the molecule is Cc1ccc(-n2c(SC(C)C(=O)NC3CC3)nc3sc4c(c3c2=O)CCCC4)cc1Cl. The van der Waals surface area contributed by atoms with Gasteiger partial charge in [-0.1, -0.05) is 29.4 Å². The van der Waals surface area contributed by atoms with Crippen molar-refractivity contribution >= 4 is 50.8 Å². The second-order valence-corrected chi connectivity index (χ2v) is 11.2. The summed E-state index contributed by atoms with van der Waals surface area (Å²) in [5.74, 6) is -0.0131. The highest BCUT2D eigenvalue weighted by Crippen LogP contribution is 2.36. The van der Waals surface area contributed by atoms with Gasteiger partial charge in [-0.05, 0) is 75.6 Å². The topological polar surface area (TPSA) is 64.0 Å². The smallest absolute Gasteiger partial charge is 0.267 e. The van der Waals surface area contributed by atoms with Gasteiger partial charge in [0, 0.05) is 15.9 Å². The van der Waals surface area contributed by atoms with E-state index in [1.807, 2.05) is 32.0 Å². The van der Waals surface area contributed by atoms with E-state index in [1.54, 1.807) is 15.9 Å². The van der Waals surface area contributed by atoms with E-state index in [9.17, 15) is 9.59 Å². The highest BCUT2D eigenvalue weighted by molar-refractivity contribution is 8.00. The van der Waals surface area contributed by atoms with Crippen molar-refractivity contribution in [2.24, 2.45) is 0 Å². The number of amides is 1. The summed E-state index contributed by atoms with van der Waals surface area (Å²) >= 11 is 9.36. The van der Waals surface area contributed by atoms with Crippen LogP contribution in [0.4, 0.5) is 0 Å². The molecule has 1 unspecified atom stereocenters. The molecule has 1 fully saturated rings. The van der Waals surface area contributed by atoms with Crippen LogP contribution in [-0.2, 0) is 17.6 Å². The zero-order chi connectivity index (χ0) is 21.7. The number of aryl methyl sites for hydroxylation is 3. The van der Waals surface area contributed by atoms with Crippen molar-refractivity contribution in [1.29, 1.82) is 0 Å². The van der Waals surface area contributed by atoms with Gasteiger partial charge in [0.1, 0.15) is 4.83 Å². The third-order valence-electron chi connectivity index (χ3n) is 5.95. The van der Waals surface area contributed by atoms with Crippen LogP contribution in [0, 0.1) is 6.92 Å². The molecule has 2 aromatic heterocycles. The number of benzene rings is 1. The fraction of sp³-hybridized carbons (Fsp3) is 0.435. The van der Waals surface area contributed by atoms with Crippen LogP contribution in [0.25, 0.3) is 15.9 Å². The Bertz CT molecular complexity index is 1250. The molecule has 31 heavy (non-hydrogen) atoms. The van der Waals surface area contributed by atoms with Gasteiger partial charge in [-0.25, -0.2) is 4.98 Å². The number of halogens is 1. The molecule has 162 valence electrons. The molecule has 1 saturated carbocycles.